The minimum atomic E-state index is 0.562. The van der Waals surface area contributed by atoms with E-state index >= 15 is 0 Å². The number of nitrogens with one attached hydrogen (secondary N) is 1. The van der Waals surface area contributed by atoms with Gasteiger partial charge in [0.1, 0.15) is 0 Å². The molecule has 0 radical (unpaired) electrons. The number of methoxy groups -OCH3 is 2. The van der Waals surface area contributed by atoms with Gasteiger partial charge in [-0.2, -0.15) is 0 Å². The molecule has 0 amide bonds. The highest BCUT2D eigenvalue weighted by atomic mass is 32.1. The van der Waals surface area contributed by atoms with E-state index in [1.54, 1.807) is 20.4 Å². The Bertz CT molecular complexity index is 946. The van der Waals surface area contributed by atoms with Gasteiger partial charge < -0.3 is 19.7 Å². The summed E-state index contributed by atoms with van der Waals surface area (Å²) in [5, 5.41) is 3.97. The van der Waals surface area contributed by atoms with E-state index in [-0.39, 0.29) is 0 Å². The minimum Gasteiger partial charge on any atom is -0.493 e. The number of hydrogen-bond donors (Lipinski definition) is 1. The second kappa shape index (κ2) is 9.89. The van der Waals surface area contributed by atoms with Crippen molar-refractivity contribution in [1.82, 2.24) is 9.88 Å². The van der Waals surface area contributed by atoms with Crippen LogP contribution in [0.3, 0.4) is 0 Å². The van der Waals surface area contributed by atoms with E-state index < -0.39 is 0 Å². The van der Waals surface area contributed by atoms with Crippen LogP contribution in [0, 0.1) is 6.92 Å². The number of benzene rings is 2. The maximum atomic E-state index is 5.75. The number of ether oxygens (including phenoxy) is 2. The van der Waals surface area contributed by atoms with Gasteiger partial charge in [-0.15, -0.1) is 0 Å². The zero-order chi connectivity index (χ0) is 20.6. The SMILES string of the molecule is COc1cccc(CN(Cc2cccnc2)C(=S)Nc2ccc(C)cc2)c1OC. The first-order valence-corrected chi connectivity index (χ1v) is 9.73. The number of para-hydroxylation sites is 1. The number of nitrogens with zero attached hydrogens (tertiary/aromatic N) is 2. The molecule has 3 rings (SSSR count). The molecule has 1 aromatic heterocycles. The molecule has 29 heavy (non-hydrogen) atoms. The highest BCUT2D eigenvalue weighted by Crippen LogP contribution is 2.32. The molecule has 0 saturated heterocycles. The Morgan fingerprint density at radius 3 is 2.45 bits per heavy atom. The number of aryl methyl sites for hydroxylation is 1. The normalized spacial score (nSPS) is 10.3. The monoisotopic (exact) mass is 407 g/mol. The van der Waals surface area contributed by atoms with Crippen molar-refractivity contribution >= 4 is 23.0 Å². The number of aromatic nitrogens is 1. The van der Waals surface area contributed by atoms with Gasteiger partial charge in [-0.3, -0.25) is 4.98 Å². The van der Waals surface area contributed by atoms with Crippen LogP contribution >= 0.6 is 12.2 Å². The minimum absolute atomic E-state index is 0.562. The molecule has 0 fully saturated rings. The fourth-order valence-corrected chi connectivity index (χ4v) is 3.28. The van der Waals surface area contributed by atoms with Crippen molar-refractivity contribution in [3.8, 4) is 11.5 Å². The van der Waals surface area contributed by atoms with Crippen LogP contribution in [0.15, 0.2) is 67.0 Å². The van der Waals surface area contributed by atoms with Crippen molar-refractivity contribution in [3.63, 3.8) is 0 Å². The average molecular weight is 408 g/mol. The van der Waals surface area contributed by atoms with Crippen molar-refractivity contribution < 1.29 is 9.47 Å². The van der Waals surface area contributed by atoms with Crippen LogP contribution in [0.2, 0.25) is 0 Å². The second-order valence-electron chi connectivity index (χ2n) is 6.67. The third kappa shape index (κ3) is 5.45. The summed E-state index contributed by atoms with van der Waals surface area (Å²) in [5.41, 5.74) is 4.22. The predicted molar refractivity (Wildman–Crippen MR) is 120 cm³/mol. The molecule has 0 aliphatic rings. The van der Waals surface area contributed by atoms with Crippen molar-refractivity contribution in [2.24, 2.45) is 0 Å². The molecule has 0 spiro atoms. The summed E-state index contributed by atoms with van der Waals surface area (Å²) in [6.07, 6.45) is 3.62. The highest BCUT2D eigenvalue weighted by Gasteiger charge is 2.16. The molecule has 0 unspecified atom stereocenters. The van der Waals surface area contributed by atoms with E-state index in [0.717, 1.165) is 16.8 Å². The molecule has 5 nitrogen and oxygen atoms in total. The van der Waals surface area contributed by atoms with E-state index in [1.807, 2.05) is 48.7 Å². The van der Waals surface area contributed by atoms with E-state index in [2.05, 4.69) is 34.3 Å². The summed E-state index contributed by atoms with van der Waals surface area (Å²) >= 11 is 5.75. The quantitative estimate of drug-likeness (QED) is 0.568. The van der Waals surface area contributed by atoms with Gasteiger partial charge in [0.2, 0.25) is 0 Å². The average Bonchev–Trinajstić information content (AvgIpc) is 2.75. The summed E-state index contributed by atoms with van der Waals surface area (Å²) in [4.78, 5) is 6.31. The van der Waals surface area contributed by atoms with Gasteiger partial charge in [0.25, 0.3) is 0 Å². The van der Waals surface area contributed by atoms with E-state index in [4.69, 9.17) is 21.7 Å². The lowest BCUT2D eigenvalue weighted by Gasteiger charge is -2.27. The molecule has 150 valence electrons. The Kier molecular flexibility index (Phi) is 7.03. The lowest BCUT2D eigenvalue weighted by atomic mass is 10.1. The van der Waals surface area contributed by atoms with Gasteiger partial charge in [0.05, 0.1) is 14.2 Å². The lowest BCUT2D eigenvalue weighted by molar-refractivity contribution is 0.341. The number of thiocarbonyl (C=S) groups is 1. The third-order valence-electron chi connectivity index (χ3n) is 4.53. The van der Waals surface area contributed by atoms with Crippen LogP contribution in [0.1, 0.15) is 16.7 Å². The molecule has 0 aliphatic carbocycles. The zero-order valence-electron chi connectivity index (χ0n) is 16.9. The number of rotatable bonds is 7. The summed E-state index contributed by atoms with van der Waals surface area (Å²) in [6.45, 7) is 3.24. The first kappa shape index (κ1) is 20.6. The Hall–Kier alpha value is -3.12. The molecule has 0 aliphatic heterocycles. The van der Waals surface area contributed by atoms with Crippen molar-refractivity contribution in [2.45, 2.75) is 20.0 Å². The van der Waals surface area contributed by atoms with Crippen LogP contribution in [-0.2, 0) is 13.1 Å². The molecule has 0 bridgehead atoms. The number of hydrogen-bond acceptors (Lipinski definition) is 4. The molecule has 0 saturated carbocycles. The fraction of sp³-hybridized carbons (Fsp3) is 0.217. The third-order valence-corrected chi connectivity index (χ3v) is 4.89. The van der Waals surface area contributed by atoms with Crippen LogP contribution in [0.4, 0.5) is 5.69 Å². The van der Waals surface area contributed by atoms with Gasteiger partial charge in [0, 0.05) is 36.7 Å². The summed E-state index contributed by atoms with van der Waals surface area (Å²) in [6, 6.07) is 18.0. The Balaban J connectivity index is 1.86. The first-order valence-electron chi connectivity index (χ1n) is 9.32. The molecule has 3 aromatic rings. The molecular weight excluding hydrogens is 382 g/mol. The highest BCUT2D eigenvalue weighted by molar-refractivity contribution is 7.80. The molecule has 6 heteroatoms. The molecular formula is C23H25N3O2S. The van der Waals surface area contributed by atoms with Crippen LogP contribution < -0.4 is 14.8 Å². The molecule has 0 atom stereocenters. The Labute approximate surface area is 177 Å². The number of anilines is 1. The fourth-order valence-electron chi connectivity index (χ4n) is 3.03. The second-order valence-corrected chi connectivity index (χ2v) is 7.05. The van der Waals surface area contributed by atoms with Crippen LogP contribution in [0.5, 0.6) is 11.5 Å². The standard InChI is InChI=1S/C23H25N3O2S/c1-17-9-11-20(12-10-17)25-23(29)26(15-18-6-5-13-24-14-18)16-19-7-4-8-21(27-2)22(19)28-3/h4-14H,15-16H2,1-3H3,(H,25,29). The molecule has 2 aromatic carbocycles. The molecule has 1 heterocycles. The first-order chi connectivity index (χ1) is 14.1. The topological polar surface area (TPSA) is 46.6 Å². The van der Waals surface area contributed by atoms with E-state index in [0.29, 0.717) is 29.7 Å². The van der Waals surface area contributed by atoms with Gasteiger partial charge in [-0.25, -0.2) is 0 Å². The largest absolute Gasteiger partial charge is 0.493 e. The van der Waals surface area contributed by atoms with E-state index in [9.17, 15) is 0 Å². The Morgan fingerprint density at radius 1 is 1.00 bits per heavy atom. The summed E-state index contributed by atoms with van der Waals surface area (Å²) in [7, 11) is 3.29. The summed E-state index contributed by atoms with van der Waals surface area (Å²) < 4.78 is 11.0. The van der Waals surface area contributed by atoms with Crippen LogP contribution in [-0.4, -0.2) is 29.2 Å². The molecule has 1 N–H and O–H groups in total. The van der Waals surface area contributed by atoms with Crippen molar-refractivity contribution in [2.75, 3.05) is 19.5 Å². The van der Waals surface area contributed by atoms with Gasteiger partial charge in [-0.1, -0.05) is 35.9 Å². The zero-order valence-corrected chi connectivity index (χ0v) is 17.7. The summed E-state index contributed by atoms with van der Waals surface area (Å²) in [5.74, 6) is 1.41. The van der Waals surface area contributed by atoms with Gasteiger partial charge in [0.15, 0.2) is 16.6 Å². The predicted octanol–water partition coefficient (Wildman–Crippen LogP) is 4.81. The van der Waals surface area contributed by atoms with Crippen molar-refractivity contribution in [1.29, 1.82) is 0 Å². The van der Waals surface area contributed by atoms with E-state index in [1.165, 1.54) is 5.56 Å². The van der Waals surface area contributed by atoms with Gasteiger partial charge in [-0.05, 0) is 49.0 Å². The van der Waals surface area contributed by atoms with Crippen molar-refractivity contribution in [3.05, 3.63) is 83.7 Å². The maximum absolute atomic E-state index is 5.75. The lowest BCUT2D eigenvalue weighted by Crippen LogP contribution is -2.34. The number of pyridine rings is 1. The van der Waals surface area contributed by atoms with Crippen LogP contribution in [0.25, 0.3) is 0 Å². The van der Waals surface area contributed by atoms with Gasteiger partial charge >= 0.3 is 0 Å². The smallest absolute Gasteiger partial charge is 0.174 e. The maximum Gasteiger partial charge on any atom is 0.174 e. The Morgan fingerprint density at radius 2 is 1.79 bits per heavy atom.